The molecule has 0 saturated heterocycles. The Bertz CT molecular complexity index is 531. The highest BCUT2D eigenvalue weighted by Crippen LogP contribution is 2.32. The largest absolute Gasteiger partial charge is 0.389 e. The highest BCUT2D eigenvalue weighted by molar-refractivity contribution is 7.09. The third-order valence-corrected chi connectivity index (χ3v) is 4.14. The Labute approximate surface area is 106 Å². The second-order valence-corrected chi connectivity index (χ2v) is 5.36. The molecule has 0 bridgehead atoms. The van der Waals surface area contributed by atoms with Crippen LogP contribution in [0.15, 0.2) is 11.4 Å². The van der Waals surface area contributed by atoms with Crippen molar-refractivity contribution in [2.45, 2.75) is 34.3 Å². The summed E-state index contributed by atoms with van der Waals surface area (Å²) >= 11 is 1.51. The van der Waals surface area contributed by atoms with Gasteiger partial charge >= 0.3 is 0 Å². The Morgan fingerprint density at radius 3 is 2.18 bits per heavy atom. The van der Waals surface area contributed by atoms with E-state index in [9.17, 15) is 0 Å². The van der Waals surface area contributed by atoms with Crippen LogP contribution in [0.25, 0.3) is 11.3 Å². The normalized spacial score (nSPS) is 10.9. The summed E-state index contributed by atoms with van der Waals surface area (Å²) in [6.45, 7) is 8.55. The molecule has 0 saturated carbocycles. The minimum absolute atomic E-state index is 0.0214. The molecule has 1 N–H and O–H groups in total. The fourth-order valence-electron chi connectivity index (χ4n) is 2.10. The number of benzene rings is 1. The number of aromatic nitrogens is 1. The van der Waals surface area contributed by atoms with E-state index in [2.05, 4.69) is 38.7 Å². The lowest BCUT2D eigenvalue weighted by Crippen LogP contribution is -1.95. The topological polar surface area (TPSA) is 33.1 Å². The third-order valence-electron chi connectivity index (χ3n) is 3.31. The highest BCUT2D eigenvalue weighted by atomic mass is 32.1. The van der Waals surface area contributed by atoms with Crippen molar-refractivity contribution in [2.24, 2.45) is 0 Å². The van der Waals surface area contributed by atoms with Crippen molar-refractivity contribution in [3.8, 4) is 11.3 Å². The molecule has 1 aromatic carbocycles. The van der Waals surface area contributed by atoms with Crippen molar-refractivity contribution < 1.29 is 5.11 Å². The molecule has 1 aromatic heterocycles. The van der Waals surface area contributed by atoms with E-state index in [1.54, 1.807) is 0 Å². The monoisotopic (exact) mass is 247 g/mol. The van der Waals surface area contributed by atoms with Crippen LogP contribution in [-0.2, 0) is 6.61 Å². The summed E-state index contributed by atoms with van der Waals surface area (Å²) in [6, 6.07) is 2.22. The van der Waals surface area contributed by atoms with Crippen LogP contribution in [0.1, 0.15) is 27.3 Å². The van der Waals surface area contributed by atoms with E-state index >= 15 is 0 Å². The average molecular weight is 247 g/mol. The van der Waals surface area contributed by atoms with Crippen LogP contribution in [-0.4, -0.2) is 10.1 Å². The molecule has 1 heterocycles. The summed E-state index contributed by atoms with van der Waals surface area (Å²) < 4.78 is 0. The smallest absolute Gasteiger partial charge is 0.119 e. The van der Waals surface area contributed by atoms with Crippen molar-refractivity contribution in [1.29, 1.82) is 0 Å². The quantitative estimate of drug-likeness (QED) is 0.880. The van der Waals surface area contributed by atoms with Gasteiger partial charge in [0.1, 0.15) is 5.01 Å². The van der Waals surface area contributed by atoms with Gasteiger partial charge < -0.3 is 5.11 Å². The zero-order valence-electron chi connectivity index (χ0n) is 10.7. The zero-order valence-corrected chi connectivity index (χ0v) is 11.5. The van der Waals surface area contributed by atoms with E-state index in [0.717, 1.165) is 10.7 Å². The summed E-state index contributed by atoms with van der Waals surface area (Å²) in [5.41, 5.74) is 7.35. The molecule has 0 unspecified atom stereocenters. The van der Waals surface area contributed by atoms with Gasteiger partial charge in [-0.1, -0.05) is 6.07 Å². The summed E-state index contributed by atoms with van der Waals surface area (Å²) in [6.07, 6.45) is 0. The van der Waals surface area contributed by atoms with Crippen LogP contribution in [0.2, 0.25) is 0 Å². The van der Waals surface area contributed by atoms with E-state index in [1.807, 2.05) is 5.38 Å². The average Bonchev–Trinajstić information content (AvgIpc) is 2.75. The number of thiazole rings is 1. The van der Waals surface area contributed by atoms with Gasteiger partial charge in [-0.2, -0.15) is 0 Å². The predicted octanol–water partition coefficient (Wildman–Crippen LogP) is 3.54. The summed E-state index contributed by atoms with van der Waals surface area (Å²) in [5, 5.41) is 11.9. The van der Waals surface area contributed by atoms with Gasteiger partial charge in [0.15, 0.2) is 0 Å². The fourth-order valence-corrected chi connectivity index (χ4v) is 2.74. The molecule has 0 spiro atoms. The Kier molecular flexibility index (Phi) is 3.31. The van der Waals surface area contributed by atoms with Crippen molar-refractivity contribution in [3.05, 3.63) is 38.7 Å². The number of rotatable bonds is 2. The number of aryl methyl sites for hydroxylation is 2. The highest BCUT2D eigenvalue weighted by Gasteiger charge is 2.13. The third kappa shape index (κ3) is 2.13. The number of hydrogen-bond acceptors (Lipinski definition) is 3. The Morgan fingerprint density at radius 2 is 1.71 bits per heavy atom. The maximum atomic E-state index is 9.09. The molecule has 2 nitrogen and oxygen atoms in total. The lowest BCUT2D eigenvalue weighted by molar-refractivity contribution is 0.281. The summed E-state index contributed by atoms with van der Waals surface area (Å²) in [7, 11) is 0. The van der Waals surface area contributed by atoms with E-state index in [4.69, 9.17) is 5.11 Å². The zero-order chi connectivity index (χ0) is 12.6. The van der Waals surface area contributed by atoms with Gasteiger partial charge in [-0.15, -0.1) is 11.3 Å². The van der Waals surface area contributed by atoms with Crippen LogP contribution in [0.4, 0.5) is 0 Å². The molecule has 0 amide bonds. The Hall–Kier alpha value is -1.19. The Balaban J connectivity index is 2.65. The minimum atomic E-state index is 0.0214. The maximum Gasteiger partial charge on any atom is 0.119 e. The molecule has 0 radical (unpaired) electrons. The van der Waals surface area contributed by atoms with Crippen LogP contribution >= 0.6 is 11.3 Å². The molecule has 2 aromatic rings. The molecule has 0 aliphatic heterocycles. The lowest BCUT2D eigenvalue weighted by Gasteiger charge is -2.13. The SMILES string of the molecule is Cc1cc(C)c(C)c(-c2csc(CO)n2)c1C. The molecule has 0 fully saturated rings. The second kappa shape index (κ2) is 4.59. The van der Waals surface area contributed by atoms with Gasteiger partial charge in [0.25, 0.3) is 0 Å². The first-order chi connectivity index (χ1) is 8.04. The standard InChI is InChI=1S/C14H17NOS/c1-8-5-9(2)11(4)14(10(8)3)12-7-17-13(6-16)15-12/h5,7,16H,6H2,1-4H3. The molecule has 90 valence electrons. The molecular formula is C14H17NOS. The van der Waals surface area contributed by atoms with Crippen molar-refractivity contribution in [1.82, 2.24) is 4.98 Å². The van der Waals surface area contributed by atoms with Gasteiger partial charge in [-0.3, -0.25) is 0 Å². The first-order valence-corrected chi connectivity index (χ1v) is 6.55. The van der Waals surface area contributed by atoms with Crippen molar-refractivity contribution >= 4 is 11.3 Å². The first kappa shape index (κ1) is 12.3. The molecule has 0 aliphatic carbocycles. The molecule has 17 heavy (non-hydrogen) atoms. The molecule has 2 rings (SSSR count). The minimum Gasteiger partial charge on any atom is -0.389 e. The van der Waals surface area contributed by atoms with Crippen LogP contribution in [0.5, 0.6) is 0 Å². The van der Waals surface area contributed by atoms with Crippen molar-refractivity contribution in [3.63, 3.8) is 0 Å². The maximum absolute atomic E-state index is 9.09. The molecule has 3 heteroatoms. The van der Waals surface area contributed by atoms with Crippen molar-refractivity contribution in [2.75, 3.05) is 0 Å². The summed E-state index contributed by atoms with van der Waals surface area (Å²) in [5.74, 6) is 0. The number of aliphatic hydroxyl groups is 1. The van der Waals surface area contributed by atoms with Gasteiger partial charge in [0, 0.05) is 10.9 Å². The van der Waals surface area contributed by atoms with Gasteiger partial charge in [0.2, 0.25) is 0 Å². The van der Waals surface area contributed by atoms with Crippen LogP contribution < -0.4 is 0 Å². The molecule has 0 atom stereocenters. The van der Waals surface area contributed by atoms with E-state index in [0.29, 0.717) is 0 Å². The van der Waals surface area contributed by atoms with E-state index in [1.165, 1.54) is 39.2 Å². The van der Waals surface area contributed by atoms with Gasteiger partial charge in [0.05, 0.1) is 12.3 Å². The fraction of sp³-hybridized carbons (Fsp3) is 0.357. The van der Waals surface area contributed by atoms with E-state index in [-0.39, 0.29) is 6.61 Å². The first-order valence-electron chi connectivity index (χ1n) is 5.67. The second-order valence-electron chi connectivity index (χ2n) is 4.42. The molecule has 0 aliphatic rings. The van der Waals surface area contributed by atoms with E-state index < -0.39 is 0 Å². The van der Waals surface area contributed by atoms with Gasteiger partial charge in [-0.05, 0) is 49.9 Å². The summed E-state index contributed by atoms with van der Waals surface area (Å²) in [4.78, 5) is 4.47. The lowest BCUT2D eigenvalue weighted by atomic mass is 9.93. The number of hydrogen-bond donors (Lipinski definition) is 1. The van der Waals surface area contributed by atoms with Gasteiger partial charge in [-0.25, -0.2) is 4.98 Å². The number of aliphatic hydroxyl groups excluding tert-OH is 1. The number of nitrogens with zero attached hydrogens (tertiary/aromatic N) is 1. The van der Waals surface area contributed by atoms with Crippen LogP contribution in [0, 0.1) is 27.7 Å². The molecular weight excluding hydrogens is 230 g/mol. The van der Waals surface area contributed by atoms with Crippen LogP contribution in [0.3, 0.4) is 0 Å². The Morgan fingerprint density at radius 1 is 1.12 bits per heavy atom. The predicted molar refractivity (Wildman–Crippen MR) is 72.4 cm³/mol.